The maximum absolute atomic E-state index is 6.31. The molecule has 0 amide bonds. The van der Waals surface area contributed by atoms with Gasteiger partial charge in [0.15, 0.2) is 17.5 Å². The molecule has 0 bridgehead atoms. The van der Waals surface area contributed by atoms with Crippen LogP contribution in [0.5, 0.6) is 0 Å². The fourth-order valence-electron chi connectivity index (χ4n) is 8.96. The monoisotopic (exact) mass is 716 g/mol. The molecule has 3 aromatic heterocycles. The van der Waals surface area contributed by atoms with E-state index in [1.807, 2.05) is 48.5 Å². The number of para-hydroxylation sites is 1. The van der Waals surface area contributed by atoms with Crippen molar-refractivity contribution in [3.05, 3.63) is 181 Å². The second-order valence-corrected chi connectivity index (χ2v) is 14.7. The molecule has 1 aliphatic carbocycles. The molecule has 0 saturated heterocycles. The second kappa shape index (κ2) is 12.1. The molecule has 3 heterocycles. The van der Waals surface area contributed by atoms with E-state index >= 15 is 0 Å². The van der Waals surface area contributed by atoms with Crippen LogP contribution in [0, 0.1) is 0 Å². The first-order chi connectivity index (χ1) is 27.7. The fourth-order valence-corrected chi connectivity index (χ4v) is 8.96. The molecule has 0 spiro atoms. The largest absolute Gasteiger partial charge is 0.456 e. The minimum Gasteiger partial charge on any atom is -0.456 e. The number of rotatable bonds is 4. The molecule has 0 atom stereocenters. The number of aromatic nitrogens is 4. The van der Waals surface area contributed by atoms with Crippen molar-refractivity contribution in [1.29, 1.82) is 0 Å². The Balaban J connectivity index is 1.16. The Morgan fingerprint density at radius 3 is 1.98 bits per heavy atom. The van der Waals surface area contributed by atoms with E-state index in [1.165, 1.54) is 49.4 Å². The van der Waals surface area contributed by atoms with Gasteiger partial charge in [0.05, 0.1) is 16.9 Å². The average Bonchev–Trinajstić information content (AvgIpc) is 3.81. The highest BCUT2D eigenvalue weighted by atomic mass is 16.3. The van der Waals surface area contributed by atoms with Crippen LogP contribution in [-0.2, 0) is 12.8 Å². The van der Waals surface area contributed by atoms with Crippen LogP contribution in [0.25, 0.3) is 105 Å². The minimum absolute atomic E-state index is 0.602. The maximum atomic E-state index is 6.31. The molecule has 11 aromatic rings. The van der Waals surface area contributed by atoms with E-state index in [0.29, 0.717) is 17.5 Å². The molecule has 8 aromatic carbocycles. The number of nitrogens with zero attached hydrogens (tertiary/aromatic N) is 4. The topological polar surface area (TPSA) is 56.7 Å². The summed E-state index contributed by atoms with van der Waals surface area (Å²) in [6.07, 6.45) is 2.00. The van der Waals surface area contributed by atoms with Gasteiger partial charge in [0.25, 0.3) is 0 Å². The lowest BCUT2D eigenvalue weighted by molar-refractivity contribution is 0.669. The van der Waals surface area contributed by atoms with Gasteiger partial charge in [-0.1, -0.05) is 133 Å². The van der Waals surface area contributed by atoms with Crippen molar-refractivity contribution in [3.8, 4) is 51.1 Å². The molecule has 5 heteroatoms. The van der Waals surface area contributed by atoms with Gasteiger partial charge < -0.3 is 8.98 Å². The molecular weight excluding hydrogens is 685 g/mol. The molecule has 0 saturated carbocycles. The summed E-state index contributed by atoms with van der Waals surface area (Å²) >= 11 is 0. The zero-order chi connectivity index (χ0) is 36.7. The van der Waals surface area contributed by atoms with E-state index in [0.717, 1.165) is 62.5 Å². The van der Waals surface area contributed by atoms with Crippen LogP contribution in [-0.4, -0.2) is 19.5 Å². The average molecular weight is 717 g/mol. The van der Waals surface area contributed by atoms with Crippen LogP contribution in [0.4, 0.5) is 0 Å². The van der Waals surface area contributed by atoms with Gasteiger partial charge >= 0.3 is 0 Å². The highest BCUT2D eigenvalue weighted by Crippen LogP contribution is 2.45. The summed E-state index contributed by atoms with van der Waals surface area (Å²) in [4.78, 5) is 15.7. The first kappa shape index (κ1) is 31.0. The Labute approximate surface area is 322 Å². The molecule has 5 nitrogen and oxygen atoms in total. The number of hydrogen-bond acceptors (Lipinski definition) is 4. The summed E-state index contributed by atoms with van der Waals surface area (Å²) in [5.41, 5.74) is 12.0. The van der Waals surface area contributed by atoms with Crippen LogP contribution >= 0.6 is 0 Å². The van der Waals surface area contributed by atoms with Crippen molar-refractivity contribution < 1.29 is 4.42 Å². The minimum atomic E-state index is 0.602. The molecular formula is C51H32N4O. The zero-order valence-corrected chi connectivity index (χ0v) is 30.3. The van der Waals surface area contributed by atoms with Gasteiger partial charge in [-0.3, -0.25) is 0 Å². The third kappa shape index (κ3) is 4.71. The van der Waals surface area contributed by atoms with Crippen LogP contribution < -0.4 is 0 Å². The second-order valence-electron chi connectivity index (χ2n) is 14.7. The fraction of sp³-hybridized carbons (Fsp3) is 0.0392. The van der Waals surface area contributed by atoms with Gasteiger partial charge in [0, 0.05) is 43.8 Å². The van der Waals surface area contributed by atoms with Gasteiger partial charge in [-0.2, -0.15) is 0 Å². The molecule has 0 N–H and O–H groups in total. The van der Waals surface area contributed by atoms with Crippen LogP contribution in [0.2, 0.25) is 0 Å². The molecule has 56 heavy (non-hydrogen) atoms. The normalized spacial score (nSPS) is 12.5. The molecule has 0 aliphatic heterocycles. The summed E-state index contributed by atoms with van der Waals surface area (Å²) in [5.74, 6) is 1.83. The lowest BCUT2D eigenvalue weighted by Gasteiger charge is -2.21. The molecule has 0 radical (unpaired) electrons. The standard InChI is InChI=1S/C51H32N4O/c1-2-14-32(15-3-1)49-52-50(54-51(53-49)41-22-12-24-46-47(41)40-21-10-11-23-45(40)56-46)36-27-35-18-7-8-19-37(35)43(30-36)55-44-29-34-17-5-4-16-33(34)28-42(44)39-26-25-31-13-6-9-20-38(31)48(39)55/h1-24,27-30H,25-26H2. The van der Waals surface area contributed by atoms with E-state index in [9.17, 15) is 0 Å². The molecule has 0 fully saturated rings. The van der Waals surface area contributed by atoms with Crippen molar-refractivity contribution in [2.24, 2.45) is 0 Å². The summed E-state index contributed by atoms with van der Waals surface area (Å²) in [6.45, 7) is 0. The number of fused-ring (bicyclic) bond motifs is 10. The Kier molecular flexibility index (Phi) is 6.69. The van der Waals surface area contributed by atoms with E-state index in [2.05, 4.69) is 126 Å². The maximum Gasteiger partial charge on any atom is 0.164 e. The zero-order valence-electron chi connectivity index (χ0n) is 30.3. The van der Waals surface area contributed by atoms with Crippen molar-refractivity contribution in [1.82, 2.24) is 19.5 Å². The SMILES string of the molecule is c1ccc(-c2nc(-c3cc(-n4c5c(c6cc7ccccc7cc64)CCc4ccccc4-5)c4ccccc4c3)nc(-c3cccc4oc5ccccc5c34)n2)cc1. The van der Waals surface area contributed by atoms with Gasteiger partial charge in [-0.25, -0.2) is 15.0 Å². The molecule has 0 unspecified atom stereocenters. The highest BCUT2D eigenvalue weighted by molar-refractivity contribution is 6.12. The van der Waals surface area contributed by atoms with E-state index in [4.69, 9.17) is 19.4 Å². The van der Waals surface area contributed by atoms with Gasteiger partial charge in [-0.05, 0) is 76.5 Å². The summed E-state index contributed by atoms with van der Waals surface area (Å²) in [7, 11) is 0. The van der Waals surface area contributed by atoms with Crippen molar-refractivity contribution in [2.45, 2.75) is 12.8 Å². The first-order valence-corrected chi connectivity index (χ1v) is 19.2. The predicted molar refractivity (Wildman–Crippen MR) is 228 cm³/mol. The van der Waals surface area contributed by atoms with Crippen molar-refractivity contribution in [2.75, 3.05) is 0 Å². The van der Waals surface area contributed by atoms with Crippen LogP contribution in [0.3, 0.4) is 0 Å². The predicted octanol–water partition coefficient (Wildman–Crippen LogP) is 12.8. The van der Waals surface area contributed by atoms with E-state index in [-0.39, 0.29) is 0 Å². The molecule has 1 aliphatic rings. The molecule has 262 valence electrons. The number of furan rings is 1. The summed E-state index contributed by atoms with van der Waals surface area (Å²) in [5, 5.41) is 8.09. The number of benzene rings is 8. The molecule has 12 rings (SSSR count). The van der Waals surface area contributed by atoms with Crippen LogP contribution in [0.15, 0.2) is 174 Å². The Morgan fingerprint density at radius 1 is 0.446 bits per heavy atom. The van der Waals surface area contributed by atoms with Crippen molar-refractivity contribution in [3.63, 3.8) is 0 Å². The van der Waals surface area contributed by atoms with Crippen molar-refractivity contribution >= 4 is 54.4 Å². The summed E-state index contributed by atoms with van der Waals surface area (Å²) < 4.78 is 8.82. The first-order valence-electron chi connectivity index (χ1n) is 19.2. The lowest BCUT2D eigenvalue weighted by atomic mass is 9.88. The Morgan fingerprint density at radius 2 is 1.11 bits per heavy atom. The smallest absolute Gasteiger partial charge is 0.164 e. The third-order valence-electron chi connectivity index (χ3n) is 11.5. The lowest BCUT2D eigenvalue weighted by Crippen LogP contribution is -2.07. The quantitative estimate of drug-likeness (QED) is 0.182. The Hall–Kier alpha value is -7.37. The Bertz CT molecular complexity index is 3380. The summed E-state index contributed by atoms with van der Waals surface area (Å²) in [6, 6.07) is 60.0. The van der Waals surface area contributed by atoms with E-state index < -0.39 is 0 Å². The van der Waals surface area contributed by atoms with Gasteiger partial charge in [0.2, 0.25) is 0 Å². The van der Waals surface area contributed by atoms with Crippen LogP contribution in [0.1, 0.15) is 11.1 Å². The van der Waals surface area contributed by atoms with E-state index in [1.54, 1.807) is 0 Å². The van der Waals surface area contributed by atoms with Gasteiger partial charge in [-0.15, -0.1) is 0 Å². The van der Waals surface area contributed by atoms with Gasteiger partial charge in [0.1, 0.15) is 11.2 Å². The highest BCUT2D eigenvalue weighted by Gasteiger charge is 2.27. The number of aryl methyl sites for hydroxylation is 2. The number of hydrogen-bond donors (Lipinski definition) is 0. The third-order valence-corrected chi connectivity index (χ3v) is 11.5.